The van der Waals surface area contributed by atoms with Crippen LogP contribution in [0, 0.1) is 5.92 Å². The van der Waals surface area contributed by atoms with Crippen molar-refractivity contribution in [2.24, 2.45) is 5.92 Å². The SMILES string of the molecule is O=C(NC1CCCCC1)C1CCCN(c2ccc(-c3cccs3)nn2)C1. The highest BCUT2D eigenvalue weighted by Crippen LogP contribution is 2.26. The third kappa shape index (κ3) is 4.06. The lowest BCUT2D eigenvalue weighted by atomic mass is 9.93. The molecule has 1 saturated heterocycles. The molecule has 138 valence electrons. The lowest BCUT2D eigenvalue weighted by molar-refractivity contribution is -0.126. The smallest absolute Gasteiger partial charge is 0.225 e. The highest BCUT2D eigenvalue weighted by molar-refractivity contribution is 7.13. The van der Waals surface area contributed by atoms with Gasteiger partial charge in [0, 0.05) is 19.1 Å². The number of rotatable bonds is 4. The first kappa shape index (κ1) is 17.5. The Morgan fingerprint density at radius 1 is 1.08 bits per heavy atom. The van der Waals surface area contributed by atoms with Gasteiger partial charge in [0.05, 0.1) is 10.8 Å². The van der Waals surface area contributed by atoms with Crippen molar-refractivity contribution in [1.29, 1.82) is 0 Å². The molecule has 0 radical (unpaired) electrons. The minimum Gasteiger partial charge on any atom is -0.354 e. The number of hydrogen-bond acceptors (Lipinski definition) is 5. The van der Waals surface area contributed by atoms with Crippen LogP contribution in [0.3, 0.4) is 0 Å². The number of thiophene rings is 1. The summed E-state index contributed by atoms with van der Waals surface area (Å²) in [5.74, 6) is 1.16. The predicted octanol–water partition coefficient (Wildman–Crippen LogP) is 3.87. The highest BCUT2D eigenvalue weighted by Gasteiger charge is 2.28. The first-order valence-electron chi connectivity index (χ1n) is 9.72. The number of amides is 1. The molecular formula is C20H26N4OS. The minimum absolute atomic E-state index is 0.0597. The Kier molecular flexibility index (Phi) is 5.48. The number of nitrogens with zero attached hydrogens (tertiary/aromatic N) is 3. The molecular weight excluding hydrogens is 344 g/mol. The number of nitrogens with one attached hydrogen (secondary N) is 1. The van der Waals surface area contributed by atoms with E-state index in [4.69, 9.17) is 0 Å². The second-order valence-electron chi connectivity index (χ2n) is 7.38. The van der Waals surface area contributed by atoms with Crippen molar-refractivity contribution in [1.82, 2.24) is 15.5 Å². The molecule has 5 nitrogen and oxygen atoms in total. The molecule has 0 spiro atoms. The van der Waals surface area contributed by atoms with Crippen LogP contribution in [0.15, 0.2) is 29.6 Å². The predicted molar refractivity (Wildman–Crippen MR) is 105 cm³/mol. The lowest BCUT2D eigenvalue weighted by Crippen LogP contribution is -2.46. The number of hydrogen-bond donors (Lipinski definition) is 1. The van der Waals surface area contributed by atoms with Crippen molar-refractivity contribution in [3.8, 4) is 10.6 Å². The van der Waals surface area contributed by atoms with Gasteiger partial charge in [-0.25, -0.2) is 0 Å². The number of piperidine rings is 1. The summed E-state index contributed by atoms with van der Waals surface area (Å²) >= 11 is 1.67. The maximum absolute atomic E-state index is 12.7. The molecule has 1 aliphatic heterocycles. The summed E-state index contributed by atoms with van der Waals surface area (Å²) in [5, 5.41) is 14.1. The Balaban J connectivity index is 1.37. The van der Waals surface area contributed by atoms with Crippen molar-refractivity contribution in [3.63, 3.8) is 0 Å². The maximum Gasteiger partial charge on any atom is 0.225 e. The van der Waals surface area contributed by atoms with Crippen LogP contribution in [-0.2, 0) is 4.79 Å². The molecule has 1 unspecified atom stereocenters. The molecule has 4 rings (SSSR count). The van der Waals surface area contributed by atoms with Crippen LogP contribution in [0.25, 0.3) is 10.6 Å². The molecule has 2 aliphatic rings. The average molecular weight is 371 g/mol. The van der Waals surface area contributed by atoms with Crippen LogP contribution in [0.2, 0.25) is 0 Å². The average Bonchev–Trinajstić information content (AvgIpc) is 3.24. The summed E-state index contributed by atoms with van der Waals surface area (Å²) < 4.78 is 0. The van der Waals surface area contributed by atoms with Crippen LogP contribution >= 0.6 is 11.3 Å². The van der Waals surface area contributed by atoms with Gasteiger partial charge < -0.3 is 10.2 Å². The van der Waals surface area contributed by atoms with E-state index in [2.05, 4.69) is 26.5 Å². The Hall–Kier alpha value is -1.95. The van der Waals surface area contributed by atoms with Crippen molar-refractivity contribution in [2.75, 3.05) is 18.0 Å². The zero-order valence-electron chi connectivity index (χ0n) is 15.1. The molecule has 2 fully saturated rings. The molecule has 3 heterocycles. The summed E-state index contributed by atoms with van der Waals surface area (Å²) in [6.07, 6.45) is 8.06. The van der Waals surface area contributed by atoms with Crippen molar-refractivity contribution < 1.29 is 4.79 Å². The number of aromatic nitrogens is 2. The Morgan fingerprint density at radius 2 is 1.96 bits per heavy atom. The molecule has 0 aromatic carbocycles. The largest absolute Gasteiger partial charge is 0.354 e. The Labute approximate surface area is 158 Å². The van der Waals surface area contributed by atoms with Gasteiger partial charge in [-0.05, 0) is 49.3 Å². The van der Waals surface area contributed by atoms with Crippen LogP contribution in [0.4, 0.5) is 5.82 Å². The first-order chi connectivity index (χ1) is 12.8. The summed E-state index contributed by atoms with van der Waals surface area (Å²) in [4.78, 5) is 16.0. The van der Waals surface area contributed by atoms with Gasteiger partial charge in [0.25, 0.3) is 0 Å². The minimum atomic E-state index is 0.0597. The molecule has 1 atom stereocenters. The number of carbonyl (C=O) groups excluding carboxylic acids is 1. The molecule has 26 heavy (non-hydrogen) atoms. The number of carbonyl (C=O) groups is 1. The Morgan fingerprint density at radius 3 is 2.69 bits per heavy atom. The summed E-state index contributed by atoms with van der Waals surface area (Å²) in [5.41, 5.74) is 0.910. The number of anilines is 1. The van der Waals surface area contributed by atoms with Gasteiger partial charge in [-0.15, -0.1) is 21.5 Å². The quantitative estimate of drug-likeness (QED) is 0.888. The Bertz CT molecular complexity index is 710. The fraction of sp³-hybridized carbons (Fsp3) is 0.550. The van der Waals surface area contributed by atoms with E-state index < -0.39 is 0 Å². The molecule has 0 bridgehead atoms. The van der Waals surface area contributed by atoms with Gasteiger partial charge in [0.2, 0.25) is 5.91 Å². The summed E-state index contributed by atoms with van der Waals surface area (Å²) in [7, 11) is 0. The van der Waals surface area contributed by atoms with Gasteiger partial charge in [0.1, 0.15) is 5.69 Å². The molecule has 2 aromatic heterocycles. The summed E-state index contributed by atoms with van der Waals surface area (Å²) in [6.45, 7) is 1.69. The zero-order chi connectivity index (χ0) is 17.8. The first-order valence-corrected chi connectivity index (χ1v) is 10.6. The molecule has 1 aliphatic carbocycles. The van der Waals surface area contributed by atoms with Crippen LogP contribution < -0.4 is 10.2 Å². The van der Waals surface area contributed by atoms with Gasteiger partial charge in [-0.1, -0.05) is 25.3 Å². The molecule has 1 N–H and O–H groups in total. The van der Waals surface area contributed by atoms with Gasteiger partial charge in [-0.2, -0.15) is 0 Å². The third-order valence-corrected chi connectivity index (χ3v) is 6.38. The van der Waals surface area contributed by atoms with Gasteiger partial charge >= 0.3 is 0 Å². The van der Waals surface area contributed by atoms with E-state index in [0.29, 0.717) is 6.04 Å². The molecule has 1 amide bonds. The second kappa shape index (κ2) is 8.16. The van der Waals surface area contributed by atoms with E-state index in [1.54, 1.807) is 11.3 Å². The van der Waals surface area contributed by atoms with E-state index in [-0.39, 0.29) is 11.8 Å². The fourth-order valence-corrected chi connectivity index (χ4v) is 4.71. The van der Waals surface area contributed by atoms with Crippen LogP contribution in [-0.4, -0.2) is 35.2 Å². The molecule has 1 saturated carbocycles. The molecule has 6 heteroatoms. The van der Waals surface area contributed by atoms with Gasteiger partial charge in [0.15, 0.2) is 5.82 Å². The third-order valence-electron chi connectivity index (χ3n) is 5.49. The van der Waals surface area contributed by atoms with Gasteiger partial charge in [-0.3, -0.25) is 4.79 Å². The lowest BCUT2D eigenvalue weighted by Gasteiger charge is -2.34. The fourth-order valence-electron chi connectivity index (χ4n) is 4.01. The van der Waals surface area contributed by atoms with E-state index in [9.17, 15) is 4.79 Å². The van der Waals surface area contributed by atoms with Crippen molar-refractivity contribution >= 4 is 23.1 Å². The maximum atomic E-state index is 12.7. The van der Waals surface area contributed by atoms with E-state index in [1.165, 1.54) is 19.3 Å². The second-order valence-corrected chi connectivity index (χ2v) is 8.33. The standard InChI is InChI=1S/C20H26N4OS/c25-20(21-16-7-2-1-3-8-16)15-6-4-12-24(14-15)19-11-10-17(22-23-19)18-9-5-13-26-18/h5,9-11,13,15-16H,1-4,6-8,12,14H2,(H,21,25). The van der Waals surface area contributed by atoms with E-state index in [1.807, 2.05) is 23.6 Å². The monoisotopic (exact) mass is 370 g/mol. The summed E-state index contributed by atoms with van der Waals surface area (Å²) in [6, 6.07) is 8.52. The van der Waals surface area contributed by atoms with Crippen molar-refractivity contribution in [2.45, 2.75) is 51.0 Å². The highest BCUT2D eigenvalue weighted by atomic mass is 32.1. The topological polar surface area (TPSA) is 58.1 Å². The van der Waals surface area contributed by atoms with E-state index >= 15 is 0 Å². The van der Waals surface area contributed by atoms with Crippen LogP contribution in [0.5, 0.6) is 0 Å². The molecule has 2 aromatic rings. The normalized spacial score (nSPS) is 21.5. The van der Waals surface area contributed by atoms with E-state index in [0.717, 1.165) is 55.2 Å². The zero-order valence-corrected chi connectivity index (χ0v) is 15.9. The van der Waals surface area contributed by atoms with Crippen LogP contribution in [0.1, 0.15) is 44.9 Å². The van der Waals surface area contributed by atoms with Crippen molar-refractivity contribution in [3.05, 3.63) is 29.6 Å².